The Bertz CT molecular complexity index is 555. The van der Waals surface area contributed by atoms with E-state index >= 15 is 0 Å². The Morgan fingerprint density at radius 3 is 2.79 bits per heavy atom. The molecule has 1 atom stereocenters. The highest BCUT2D eigenvalue weighted by molar-refractivity contribution is 6.07. The Balaban J connectivity index is 2.43. The van der Waals surface area contributed by atoms with E-state index in [1.807, 2.05) is 0 Å². The predicted molar refractivity (Wildman–Crippen MR) is 63.2 cm³/mol. The fraction of sp³-hybridized carbons (Fsp3) is 0.462. The van der Waals surface area contributed by atoms with E-state index in [0.29, 0.717) is 12.2 Å². The molecule has 19 heavy (non-hydrogen) atoms. The summed E-state index contributed by atoms with van der Waals surface area (Å²) in [6, 6.07) is 0. The van der Waals surface area contributed by atoms with E-state index in [9.17, 15) is 14.4 Å². The molecule has 1 aliphatic carbocycles. The quantitative estimate of drug-likeness (QED) is 0.838. The number of carboxylic acid groups (broad SMARTS) is 1. The minimum Gasteiger partial charge on any atom is -0.478 e. The van der Waals surface area contributed by atoms with Crippen LogP contribution in [0.15, 0.2) is 10.7 Å². The van der Waals surface area contributed by atoms with Crippen LogP contribution >= 0.6 is 0 Å². The first kappa shape index (κ1) is 13.3. The molecule has 0 saturated carbocycles. The Morgan fingerprint density at radius 2 is 2.21 bits per heavy atom. The number of fused-ring (bicyclic) bond motifs is 1. The van der Waals surface area contributed by atoms with Gasteiger partial charge in [0, 0.05) is 13.3 Å². The zero-order chi connectivity index (χ0) is 14.2. The van der Waals surface area contributed by atoms with E-state index < -0.39 is 17.4 Å². The molecule has 0 aliphatic heterocycles. The fourth-order valence-corrected chi connectivity index (χ4v) is 2.26. The van der Waals surface area contributed by atoms with Crippen molar-refractivity contribution >= 4 is 17.7 Å². The Hall–Kier alpha value is -2.11. The number of rotatable bonds is 3. The molecule has 1 N–H and O–H groups in total. The van der Waals surface area contributed by atoms with E-state index in [1.165, 1.54) is 6.92 Å². The van der Waals surface area contributed by atoms with E-state index in [0.717, 1.165) is 6.26 Å². The smallest absolute Gasteiger partial charge is 0.339 e. The van der Waals surface area contributed by atoms with Gasteiger partial charge >= 0.3 is 11.9 Å². The number of carbonyl (C=O) groups excluding carboxylic acids is 2. The Labute approximate surface area is 109 Å². The molecule has 2 rings (SSSR count). The maximum Gasteiger partial charge on any atom is 0.339 e. The van der Waals surface area contributed by atoms with Gasteiger partial charge in [-0.2, -0.15) is 0 Å². The molecule has 0 fully saturated rings. The Morgan fingerprint density at radius 1 is 1.53 bits per heavy atom. The molecule has 1 aromatic rings. The number of ketones is 1. The maximum atomic E-state index is 11.9. The largest absolute Gasteiger partial charge is 0.478 e. The topological polar surface area (TPSA) is 93.8 Å². The van der Waals surface area contributed by atoms with Gasteiger partial charge in [0.05, 0.1) is 11.0 Å². The van der Waals surface area contributed by atoms with Crippen molar-refractivity contribution in [1.29, 1.82) is 0 Å². The third-order valence-corrected chi connectivity index (χ3v) is 3.35. The molecule has 1 aliphatic rings. The highest BCUT2D eigenvalue weighted by Crippen LogP contribution is 2.39. The van der Waals surface area contributed by atoms with Crippen LogP contribution in [-0.2, 0) is 14.9 Å². The average molecular weight is 266 g/mol. The normalized spacial score (nSPS) is 21.9. The minimum absolute atomic E-state index is 0.0647. The van der Waals surface area contributed by atoms with Gasteiger partial charge in [-0.05, 0) is 13.3 Å². The molecular weight excluding hydrogens is 252 g/mol. The molecule has 6 heteroatoms. The van der Waals surface area contributed by atoms with Gasteiger partial charge in [0.15, 0.2) is 5.78 Å². The number of hydrogen-bond acceptors (Lipinski definition) is 5. The van der Waals surface area contributed by atoms with Crippen molar-refractivity contribution < 1.29 is 28.6 Å². The average Bonchev–Trinajstić information content (AvgIpc) is 2.78. The summed E-state index contributed by atoms with van der Waals surface area (Å²) in [4.78, 5) is 33.8. The van der Waals surface area contributed by atoms with Crippen molar-refractivity contribution in [2.75, 3.05) is 6.61 Å². The van der Waals surface area contributed by atoms with Gasteiger partial charge < -0.3 is 14.3 Å². The van der Waals surface area contributed by atoms with Crippen LogP contribution in [0.5, 0.6) is 0 Å². The summed E-state index contributed by atoms with van der Waals surface area (Å²) < 4.78 is 10.3. The summed E-state index contributed by atoms with van der Waals surface area (Å²) in [5, 5.41) is 9.04. The molecule has 102 valence electrons. The van der Waals surface area contributed by atoms with Gasteiger partial charge in [-0.1, -0.05) is 0 Å². The number of Topliss-reactive ketones (excluding diaryl/α,β-unsaturated/α-hetero) is 1. The first-order valence-electron chi connectivity index (χ1n) is 5.87. The monoisotopic (exact) mass is 266 g/mol. The van der Waals surface area contributed by atoms with Crippen molar-refractivity contribution in [3.05, 3.63) is 23.2 Å². The number of hydrogen-bond donors (Lipinski definition) is 1. The van der Waals surface area contributed by atoms with Crippen molar-refractivity contribution in [3.8, 4) is 0 Å². The van der Waals surface area contributed by atoms with Gasteiger partial charge in [0.25, 0.3) is 0 Å². The van der Waals surface area contributed by atoms with Gasteiger partial charge in [-0.15, -0.1) is 0 Å². The molecule has 0 radical (unpaired) electrons. The van der Waals surface area contributed by atoms with E-state index in [2.05, 4.69) is 0 Å². The second-order valence-corrected chi connectivity index (χ2v) is 4.92. The van der Waals surface area contributed by atoms with Crippen LogP contribution in [0, 0.1) is 0 Å². The number of esters is 1. The van der Waals surface area contributed by atoms with Gasteiger partial charge in [-0.25, -0.2) is 4.79 Å². The lowest BCUT2D eigenvalue weighted by molar-refractivity contribution is -0.143. The SMILES string of the molecule is CC(=O)OCC1(C)CCC(=O)c2c(C(=O)O)coc21. The third-order valence-electron chi connectivity index (χ3n) is 3.35. The number of furan rings is 1. The van der Waals surface area contributed by atoms with Gasteiger partial charge in [-0.3, -0.25) is 9.59 Å². The first-order chi connectivity index (χ1) is 8.85. The van der Waals surface area contributed by atoms with Crippen molar-refractivity contribution in [3.63, 3.8) is 0 Å². The summed E-state index contributed by atoms with van der Waals surface area (Å²) >= 11 is 0. The first-order valence-corrected chi connectivity index (χ1v) is 5.87. The minimum atomic E-state index is -1.20. The maximum absolute atomic E-state index is 11.9. The molecule has 0 aromatic carbocycles. The molecule has 0 spiro atoms. The number of carboxylic acids is 1. The van der Waals surface area contributed by atoms with Crippen LogP contribution in [0.1, 0.15) is 53.2 Å². The van der Waals surface area contributed by atoms with Crippen molar-refractivity contribution in [2.45, 2.75) is 32.1 Å². The van der Waals surface area contributed by atoms with E-state index in [-0.39, 0.29) is 29.9 Å². The highest BCUT2D eigenvalue weighted by Gasteiger charge is 2.42. The van der Waals surface area contributed by atoms with E-state index in [1.54, 1.807) is 6.92 Å². The lowest BCUT2D eigenvalue weighted by Crippen LogP contribution is -2.35. The molecule has 0 bridgehead atoms. The summed E-state index contributed by atoms with van der Waals surface area (Å²) in [6.45, 7) is 3.15. The van der Waals surface area contributed by atoms with Gasteiger partial charge in [0.2, 0.25) is 0 Å². The summed E-state index contributed by atoms with van der Waals surface area (Å²) in [5.74, 6) is -1.58. The molecule has 0 amide bonds. The van der Waals surface area contributed by atoms with Crippen LogP contribution in [0.4, 0.5) is 0 Å². The van der Waals surface area contributed by atoms with Crippen LogP contribution in [0.3, 0.4) is 0 Å². The second-order valence-electron chi connectivity index (χ2n) is 4.92. The molecule has 6 nitrogen and oxygen atoms in total. The zero-order valence-corrected chi connectivity index (χ0v) is 10.7. The van der Waals surface area contributed by atoms with Crippen LogP contribution in [0.2, 0.25) is 0 Å². The summed E-state index contributed by atoms with van der Waals surface area (Å²) in [7, 11) is 0. The Kier molecular flexibility index (Phi) is 3.18. The van der Waals surface area contributed by atoms with Crippen molar-refractivity contribution in [1.82, 2.24) is 0 Å². The predicted octanol–water partition coefficient (Wildman–Crippen LogP) is 1.78. The molecule has 1 heterocycles. The zero-order valence-electron chi connectivity index (χ0n) is 10.7. The molecule has 0 saturated heterocycles. The highest BCUT2D eigenvalue weighted by atomic mass is 16.5. The second kappa shape index (κ2) is 4.53. The van der Waals surface area contributed by atoms with Gasteiger partial charge in [0.1, 0.15) is 24.2 Å². The van der Waals surface area contributed by atoms with Crippen molar-refractivity contribution in [2.24, 2.45) is 0 Å². The number of aromatic carboxylic acids is 1. The lowest BCUT2D eigenvalue weighted by Gasteiger charge is -2.30. The summed E-state index contributed by atoms with van der Waals surface area (Å²) in [6.07, 6.45) is 1.74. The third kappa shape index (κ3) is 2.25. The molecule has 1 unspecified atom stereocenters. The lowest BCUT2D eigenvalue weighted by atomic mass is 9.75. The number of ether oxygens (including phenoxy) is 1. The number of carbonyl (C=O) groups is 3. The standard InChI is InChI=1S/C13H14O6/c1-7(14)19-6-13(2)4-3-9(15)10-8(12(16)17)5-18-11(10)13/h5H,3-4,6H2,1-2H3,(H,16,17). The van der Waals surface area contributed by atoms with Crippen LogP contribution < -0.4 is 0 Å². The molecule has 1 aromatic heterocycles. The van der Waals surface area contributed by atoms with E-state index in [4.69, 9.17) is 14.3 Å². The summed E-state index contributed by atoms with van der Waals surface area (Å²) in [5.41, 5.74) is -0.690. The van der Waals surface area contributed by atoms with Crippen LogP contribution in [0.25, 0.3) is 0 Å². The van der Waals surface area contributed by atoms with Crippen LogP contribution in [-0.4, -0.2) is 29.4 Å². The fourth-order valence-electron chi connectivity index (χ4n) is 2.26. The molecular formula is C13H14O6.